The van der Waals surface area contributed by atoms with Crippen molar-refractivity contribution in [3.63, 3.8) is 0 Å². The molecule has 1 atom stereocenters. The topological polar surface area (TPSA) is 84.3 Å². The minimum absolute atomic E-state index is 0.0406. The summed E-state index contributed by atoms with van der Waals surface area (Å²) in [7, 11) is -2.44. The number of nitrogens with zero attached hydrogens (tertiary/aromatic N) is 3. The van der Waals surface area contributed by atoms with E-state index >= 15 is 0 Å². The van der Waals surface area contributed by atoms with Crippen LogP contribution >= 0.6 is 0 Å². The highest BCUT2D eigenvalue weighted by molar-refractivity contribution is 7.93. The number of aromatic nitrogens is 2. The standard InChI is InChI=1S/C24H25F3N4O2S/c1-15-8-9-18(16(2)12-15)10-11-29-22(32)21-13-17(3)30-31-23(21)34(33,28-4)20-7-5-6-19(14-20)24(25,26)27/h5-9,12-14H,10-11H2,1-4H3,(H,29,32). The second-order valence-corrected chi connectivity index (χ2v) is 10.1. The molecular weight excluding hydrogens is 465 g/mol. The van der Waals surface area contributed by atoms with E-state index < -0.39 is 27.4 Å². The van der Waals surface area contributed by atoms with Crippen LogP contribution in [0.25, 0.3) is 0 Å². The molecule has 1 unspecified atom stereocenters. The van der Waals surface area contributed by atoms with E-state index in [1.54, 1.807) is 6.92 Å². The molecule has 1 amide bonds. The second-order valence-electron chi connectivity index (χ2n) is 7.87. The summed E-state index contributed by atoms with van der Waals surface area (Å²) in [6.45, 7) is 5.90. The van der Waals surface area contributed by atoms with Gasteiger partial charge in [-0.1, -0.05) is 29.8 Å². The van der Waals surface area contributed by atoms with Gasteiger partial charge in [0.25, 0.3) is 5.91 Å². The molecule has 2 aromatic carbocycles. The van der Waals surface area contributed by atoms with E-state index in [9.17, 15) is 22.2 Å². The van der Waals surface area contributed by atoms with Gasteiger partial charge in [-0.15, -0.1) is 5.10 Å². The smallest absolute Gasteiger partial charge is 0.352 e. The SMILES string of the molecule is CN=S(=O)(c1cccc(C(F)(F)F)c1)c1nnc(C)cc1C(=O)NCCc1ccc(C)cc1C. The molecule has 0 radical (unpaired) electrons. The van der Waals surface area contributed by atoms with Crippen LogP contribution in [0.3, 0.4) is 0 Å². The average molecular weight is 491 g/mol. The monoisotopic (exact) mass is 490 g/mol. The molecule has 3 rings (SSSR count). The van der Waals surface area contributed by atoms with Gasteiger partial charge in [0.15, 0.2) is 5.03 Å². The molecule has 34 heavy (non-hydrogen) atoms. The van der Waals surface area contributed by atoms with Crippen LogP contribution in [-0.2, 0) is 22.3 Å². The molecule has 180 valence electrons. The number of carbonyl (C=O) groups excluding carboxylic acids is 1. The first kappa shape index (κ1) is 25.4. The maximum absolute atomic E-state index is 13.8. The van der Waals surface area contributed by atoms with Gasteiger partial charge < -0.3 is 5.32 Å². The molecule has 3 aromatic rings. The van der Waals surface area contributed by atoms with Gasteiger partial charge in [0.2, 0.25) is 0 Å². The highest BCUT2D eigenvalue weighted by atomic mass is 32.2. The van der Waals surface area contributed by atoms with Crippen LogP contribution in [0.4, 0.5) is 13.2 Å². The highest BCUT2D eigenvalue weighted by Gasteiger charge is 2.33. The third-order valence-electron chi connectivity index (χ3n) is 5.30. The summed E-state index contributed by atoms with van der Waals surface area (Å²) in [4.78, 5) is 12.8. The quantitative estimate of drug-likeness (QED) is 0.532. The zero-order valence-electron chi connectivity index (χ0n) is 19.2. The first-order chi connectivity index (χ1) is 16.0. The minimum Gasteiger partial charge on any atom is -0.352 e. The number of aryl methyl sites for hydroxylation is 3. The molecule has 0 aliphatic heterocycles. The van der Waals surface area contributed by atoms with Crippen LogP contribution in [0, 0.1) is 20.8 Å². The summed E-state index contributed by atoms with van der Waals surface area (Å²) in [5.74, 6) is -0.555. The average Bonchev–Trinajstić information content (AvgIpc) is 2.79. The van der Waals surface area contributed by atoms with E-state index in [4.69, 9.17) is 0 Å². The van der Waals surface area contributed by atoms with Crippen molar-refractivity contribution in [1.29, 1.82) is 0 Å². The maximum Gasteiger partial charge on any atom is 0.416 e. The first-order valence-electron chi connectivity index (χ1n) is 10.5. The van der Waals surface area contributed by atoms with Crippen molar-refractivity contribution in [1.82, 2.24) is 15.5 Å². The minimum atomic E-state index is -4.63. The van der Waals surface area contributed by atoms with Crippen molar-refractivity contribution in [3.8, 4) is 0 Å². The molecule has 1 aromatic heterocycles. The Hall–Kier alpha value is -3.27. The van der Waals surface area contributed by atoms with E-state index in [1.807, 2.05) is 26.0 Å². The third kappa shape index (κ3) is 5.44. The number of halogens is 3. The summed E-state index contributed by atoms with van der Waals surface area (Å²) in [6.07, 6.45) is -4.05. The number of alkyl halides is 3. The predicted molar refractivity (Wildman–Crippen MR) is 123 cm³/mol. The molecule has 6 nitrogen and oxygen atoms in total. The fourth-order valence-corrected chi connectivity index (χ4v) is 5.28. The predicted octanol–water partition coefficient (Wildman–Crippen LogP) is 4.91. The van der Waals surface area contributed by atoms with Crippen LogP contribution in [0.1, 0.15) is 38.3 Å². The molecule has 1 heterocycles. The molecule has 0 fully saturated rings. The summed E-state index contributed by atoms with van der Waals surface area (Å²) in [6, 6.07) is 11.5. The lowest BCUT2D eigenvalue weighted by atomic mass is 10.0. The number of amides is 1. The molecule has 0 aliphatic carbocycles. The molecule has 0 spiro atoms. The molecular formula is C24H25F3N4O2S. The lowest BCUT2D eigenvalue weighted by molar-refractivity contribution is -0.137. The zero-order chi connectivity index (χ0) is 25.1. The number of hydrogen-bond donors (Lipinski definition) is 1. The van der Waals surface area contributed by atoms with Gasteiger partial charge in [0.1, 0.15) is 9.73 Å². The largest absolute Gasteiger partial charge is 0.416 e. The van der Waals surface area contributed by atoms with E-state index in [-0.39, 0.29) is 15.5 Å². The lowest BCUT2D eigenvalue weighted by Gasteiger charge is -2.15. The lowest BCUT2D eigenvalue weighted by Crippen LogP contribution is -2.28. The van der Waals surface area contributed by atoms with Crippen molar-refractivity contribution < 1.29 is 22.2 Å². The van der Waals surface area contributed by atoms with Crippen molar-refractivity contribution >= 4 is 15.6 Å². The van der Waals surface area contributed by atoms with Crippen LogP contribution in [0.15, 0.2) is 62.8 Å². The Balaban J connectivity index is 1.94. The molecule has 1 N–H and O–H groups in total. The molecule has 0 aliphatic rings. The van der Waals surface area contributed by atoms with Crippen molar-refractivity contribution in [3.05, 3.63) is 82.0 Å². The van der Waals surface area contributed by atoms with Gasteiger partial charge in [-0.2, -0.15) is 18.3 Å². The molecule has 0 saturated heterocycles. The second kappa shape index (κ2) is 9.92. The van der Waals surface area contributed by atoms with Crippen molar-refractivity contribution in [2.24, 2.45) is 4.36 Å². The molecule has 0 saturated carbocycles. The summed E-state index contributed by atoms with van der Waals surface area (Å²) >= 11 is 0. The number of nitrogens with one attached hydrogen (secondary N) is 1. The fourth-order valence-electron chi connectivity index (χ4n) is 3.52. The fraction of sp³-hybridized carbons (Fsp3) is 0.292. The van der Waals surface area contributed by atoms with Crippen LogP contribution in [0.2, 0.25) is 0 Å². The van der Waals surface area contributed by atoms with E-state index in [1.165, 1.54) is 19.2 Å². The number of rotatable bonds is 6. The van der Waals surface area contributed by atoms with Crippen LogP contribution < -0.4 is 5.32 Å². The Morgan fingerprint density at radius 3 is 2.44 bits per heavy atom. The van der Waals surface area contributed by atoms with Gasteiger partial charge in [0, 0.05) is 13.6 Å². The van der Waals surface area contributed by atoms with Gasteiger partial charge in [0.05, 0.1) is 21.7 Å². The van der Waals surface area contributed by atoms with E-state index in [0.29, 0.717) is 18.7 Å². The Kier molecular flexibility index (Phi) is 7.40. The Bertz CT molecular complexity index is 1350. The first-order valence-corrected chi connectivity index (χ1v) is 12.0. The van der Waals surface area contributed by atoms with E-state index in [2.05, 4.69) is 25.9 Å². The van der Waals surface area contributed by atoms with Crippen molar-refractivity contribution in [2.75, 3.05) is 13.6 Å². The highest BCUT2D eigenvalue weighted by Crippen LogP contribution is 2.33. The van der Waals surface area contributed by atoms with Crippen molar-refractivity contribution in [2.45, 2.75) is 43.3 Å². The molecule has 0 bridgehead atoms. The Morgan fingerprint density at radius 2 is 1.79 bits per heavy atom. The summed E-state index contributed by atoms with van der Waals surface area (Å²) < 4.78 is 57.4. The van der Waals surface area contributed by atoms with Gasteiger partial charge >= 0.3 is 6.18 Å². The summed E-state index contributed by atoms with van der Waals surface area (Å²) in [5.41, 5.74) is 2.70. The van der Waals surface area contributed by atoms with Gasteiger partial charge in [-0.05, 0) is 62.6 Å². The van der Waals surface area contributed by atoms with Crippen LogP contribution in [0.5, 0.6) is 0 Å². The third-order valence-corrected chi connectivity index (χ3v) is 7.54. The van der Waals surface area contributed by atoms with E-state index in [0.717, 1.165) is 34.9 Å². The van der Waals surface area contributed by atoms with Gasteiger partial charge in [-0.3, -0.25) is 4.79 Å². The van der Waals surface area contributed by atoms with Gasteiger partial charge in [-0.25, -0.2) is 8.57 Å². The molecule has 10 heteroatoms. The number of carbonyl (C=O) groups is 1. The maximum atomic E-state index is 13.8. The Labute approximate surface area is 196 Å². The number of benzene rings is 2. The normalized spacial score (nSPS) is 13.3. The zero-order valence-corrected chi connectivity index (χ0v) is 20.0. The Morgan fingerprint density at radius 1 is 1.06 bits per heavy atom. The summed E-state index contributed by atoms with van der Waals surface area (Å²) in [5, 5.41) is 10.3. The number of hydrogen-bond acceptors (Lipinski definition) is 5. The van der Waals surface area contributed by atoms with Crippen LogP contribution in [-0.4, -0.2) is 33.9 Å².